The van der Waals surface area contributed by atoms with E-state index in [4.69, 9.17) is 0 Å². The second-order valence-corrected chi connectivity index (χ2v) is 5.33. The molecule has 1 heterocycles. The number of hydrogen-bond donors (Lipinski definition) is 1. The number of pyridine rings is 1. The zero-order valence-electron chi connectivity index (χ0n) is 11.1. The lowest BCUT2D eigenvalue weighted by molar-refractivity contribution is 0.240. The first-order valence-electron chi connectivity index (χ1n) is 6.83. The predicted octanol–water partition coefficient (Wildman–Crippen LogP) is 3.60. The largest absolute Gasteiger partial charge is 0.313 e. The summed E-state index contributed by atoms with van der Waals surface area (Å²) in [5.41, 5.74) is 3.65. The predicted molar refractivity (Wildman–Crippen MR) is 75.6 cm³/mol. The van der Waals surface area contributed by atoms with Gasteiger partial charge in [0.25, 0.3) is 0 Å². The normalized spacial score (nSPS) is 17.7. The molecule has 3 rings (SSSR count). The summed E-state index contributed by atoms with van der Waals surface area (Å²) < 4.78 is 0. The van der Waals surface area contributed by atoms with Gasteiger partial charge in [0.15, 0.2) is 0 Å². The van der Waals surface area contributed by atoms with Crippen molar-refractivity contribution in [3.05, 3.63) is 41.6 Å². The van der Waals surface area contributed by atoms with Crippen molar-refractivity contribution in [3.8, 4) is 0 Å². The van der Waals surface area contributed by atoms with E-state index < -0.39 is 0 Å². The number of aromatic nitrogens is 1. The van der Waals surface area contributed by atoms with Crippen molar-refractivity contribution < 1.29 is 0 Å². The highest BCUT2D eigenvalue weighted by Gasteiger charge is 2.28. The van der Waals surface area contributed by atoms with Crippen molar-refractivity contribution in [2.75, 3.05) is 7.05 Å². The Hall–Kier alpha value is -1.41. The zero-order valence-corrected chi connectivity index (χ0v) is 11.1. The molecule has 0 aliphatic heterocycles. The lowest BCUT2D eigenvalue weighted by Gasteiger charge is -2.34. The Kier molecular flexibility index (Phi) is 3.04. The maximum atomic E-state index is 4.63. The number of aryl methyl sites for hydroxylation is 1. The van der Waals surface area contributed by atoms with E-state index in [2.05, 4.69) is 54.6 Å². The number of nitrogens with zero attached hydrogens (tertiary/aromatic N) is 1. The maximum Gasteiger partial charge on any atom is 0.0708 e. The molecule has 0 amide bonds. The molecule has 1 aliphatic rings. The lowest BCUT2D eigenvalue weighted by atomic mass is 9.76. The van der Waals surface area contributed by atoms with Gasteiger partial charge in [0.2, 0.25) is 0 Å². The van der Waals surface area contributed by atoms with E-state index in [0.29, 0.717) is 6.04 Å². The van der Waals surface area contributed by atoms with Crippen molar-refractivity contribution in [2.45, 2.75) is 32.2 Å². The highest BCUT2D eigenvalue weighted by molar-refractivity contribution is 5.82. The highest BCUT2D eigenvalue weighted by atomic mass is 14.9. The monoisotopic (exact) mass is 240 g/mol. The quantitative estimate of drug-likeness (QED) is 0.886. The van der Waals surface area contributed by atoms with Gasteiger partial charge in [-0.1, -0.05) is 24.6 Å². The Labute approximate surface area is 108 Å². The summed E-state index contributed by atoms with van der Waals surface area (Å²) in [5.74, 6) is 0.792. The minimum absolute atomic E-state index is 0.477. The van der Waals surface area contributed by atoms with Crippen LogP contribution in [-0.4, -0.2) is 12.0 Å². The molecule has 1 fully saturated rings. The van der Waals surface area contributed by atoms with Crippen LogP contribution in [0.2, 0.25) is 0 Å². The SMILES string of the molecule is CNC(c1cc(C)nc2ccccc12)C1CCC1. The van der Waals surface area contributed by atoms with Crippen LogP contribution in [0, 0.1) is 12.8 Å². The van der Waals surface area contributed by atoms with Crippen molar-refractivity contribution in [1.29, 1.82) is 0 Å². The van der Waals surface area contributed by atoms with E-state index in [1.54, 1.807) is 0 Å². The Balaban J connectivity index is 2.13. The summed E-state index contributed by atoms with van der Waals surface area (Å²) in [7, 11) is 2.08. The fourth-order valence-electron chi connectivity index (χ4n) is 3.02. The molecular formula is C16H20N2. The molecule has 2 aromatic rings. The summed E-state index contributed by atoms with van der Waals surface area (Å²) in [6.07, 6.45) is 4.08. The third-order valence-electron chi connectivity index (χ3n) is 4.14. The van der Waals surface area contributed by atoms with Gasteiger partial charge in [-0.2, -0.15) is 0 Å². The zero-order chi connectivity index (χ0) is 12.5. The van der Waals surface area contributed by atoms with Crippen molar-refractivity contribution in [2.24, 2.45) is 5.92 Å². The fraction of sp³-hybridized carbons (Fsp3) is 0.438. The molecule has 1 saturated carbocycles. The van der Waals surface area contributed by atoms with Crippen LogP contribution in [0.1, 0.15) is 36.6 Å². The van der Waals surface area contributed by atoms with Crippen LogP contribution >= 0.6 is 0 Å². The van der Waals surface area contributed by atoms with Gasteiger partial charge < -0.3 is 5.32 Å². The molecule has 2 nitrogen and oxygen atoms in total. The van der Waals surface area contributed by atoms with Gasteiger partial charge >= 0.3 is 0 Å². The molecule has 1 unspecified atom stereocenters. The van der Waals surface area contributed by atoms with Gasteiger partial charge in [-0.25, -0.2) is 0 Å². The van der Waals surface area contributed by atoms with Gasteiger partial charge in [0, 0.05) is 17.1 Å². The topological polar surface area (TPSA) is 24.9 Å². The molecule has 0 spiro atoms. The van der Waals surface area contributed by atoms with Crippen molar-refractivity contribution in [1.82, 2.24) is 10.3 Å². The molecule has 0 radical (unpaired) electrons. The third kappa shape index (κ3) is 1.91. The number of fused-ring (bicyclic) bond motifs is 1. The number of hydrogen-bond acceptors (Lipinski definition) is 2. The molecule has 94 valence electrons. The summed E-state index contributed by atoms with van der Waals surface area (Å²) >= 11 is 0. The fourth-order valence-corrected chi connectivity index (χ4v) is 3.02. The summed E-state index contributed by atoms with van der Waals surface area (Å²) in [4.78, 5) is 4.63. The molecule has 18 heavy (non-hydrogen) atoms. The summed E-state index contributed by atoms with van der Waals surface area (Å²) in [5, 5.41) is 4.81. The van der Waals surface area contributed by atoms with Crippen molar-refractivity contribution in [3.63, 3.8) is 0 Å². The van der Waals surface area contributed by atoms with Crippen LogP contribution in [0.15, 0.2) is 30.3 Å². The van der Waals surface area contributed by atoms with Gasteiger partial charge in [-0.3, -0.25) is 4.98 Å². The standard InChI is InChI=1S/C16H20N2/c1-11-10-14(16(17-2)12-6-5-7-12)13-8-3-4-9-15(13)18-11/h3-4,8-10,12,16-17H,5-7H2,1-2H3. The number of para-hydroxylation sites is 1. The van der Waals surface area contributed by atoms with Gasteiger partial charge in [0.05, 0.1) is 5.52 Å². The molecule has 1 aliphatic carbocycles. The Morgan fingerprint density at radius 3 is 2.72 bits per heavy atom. The molecule has 1 N–H and O–H groups in total. The first-order chi connectivity index (χ1) is 8.79. The molecular weight excluding hydrogens is 220 g/mol. The number of nitrogens with one attached hydrogen (secondary N) is 1. The summed E-state index contributed by atoms with van der Waals surface area (Å²) in [6.45, 7) is 2.09. The average molecular weight is 240 g/mol. The van der Waals surface area contributed by atoms with Crippen LogP contribution < -0.4 is 5.32 Å². The average Bonchev–Trinajstić information content (AvgIpc) is 2.32. The molecule has 1 atom stereocenters. The Morgan fingerprint density at radius 2 is 2.06 bits per heavy atom. The van der Waals surface area contributed by atoms with Crippen LogP contribution in [0.4, 0.5) is 0 Å². The molecule has 0 bridgehead atoms. The third-order valence-corrected chi connectivity index (χ3v) is 4.14. The van der Waals surface area contributed by atoms with Crippen LogP contribution in [0.5, 0.6) is 0 Å². The minimum Gasteiger partial charge on any atom is -0.313 e. The van der Waals surface area contributed by atoms with Crippen molar-refractivity contribution >= 4 is 10.9 Å². The van der Waals surface area contributed by atoms with Crippen LogP contribution in [-0.2, 0) is 0 Å². The van der Waals surface area contributed by atoms with E-state index in [-0.39, 0.29) is 0 Å². The van der Waals surface area contributed by atoms with Gasteiger partial charge in [-0.05, 0) is 50.4 Å². The Morgan fingerprint density at radius 1 is 1.28 bits per heavy atom. The van der Waals surface area contributed by atoms with E-state index in [9.17, 15) is 0 Å². The number of rotatable bonds is 3. The smallest absolute Gasteiger partial charge is 0.0708 e. The molecule has 1 aromatic carbocycles. The number of benzene rings is 1. The van der Waals surface area contributed by atoms with E-state index >= 15 is 0 Å². The molecule has 0 saturated heterocycles. The molecule has 2 heteroatoms. The van der Waals surface area contributed by atoms with Gasteiger partial charge in [-0.15, -0.1) is 0 Å². The first kappa shape index (κ1) is 11.7. The lowest BCUT2D eigenvalue weighted by Crippen LogP contribution is -2.30. The van der Waals surface area contributed by atoms with Crippen LogP contribution in [0.3, 0.4) is 0 Å². The maximum absolute atomic E-state index is 4.63. The minimum atomic E-state index is 0.477. The summed E-state index contributed by atoms with van der Waals surface area (Å²) in [6, 6.07) is 11.2. The second kappa shape index (κ2) is 4.69. The van der Waals surface area contributed by atoms with E-state index in [1.165, 1.54) is 30.2 Å². The highest BCUT2D eigenvalue weighted by Crippen LogP contribution is 2.39. The molecule has 1 aromatic heterocycles. The van der Waals surface area contributed by atoms with Gasteiger partial charge in [0.1, 0.15) is 0 Å². The Bertz CT molecular complexity index is 558. The van der Waals surface area contributed by atoms with Crippen LogP contribution in [0.25, 0.3) is 10.9 Å². The van der Waals surface area contributed by atoms with E-state index in [0.717, 1.165) is 17.1 Å². The van der Waals surface area contributed by atoms with E-state index in [1.807, 2.05) is 0 Å². The first-order valence-corrected chi connectivity index (χ1v) is 6.83. The second-order valence-electron chi connectivity index (χ2n) is 5.33.